The molecule has 0 aliphatic rings. The number of sulfonamides is 1. The van der Waals surface area contributed by atoms with Crippen molar-refractivity contribution in [3.63, 3.8) is 0 Å². The molecule has 0 aliphatic heterocycles. The third kappa shape index (κ3) is 3.93. The van der Waals surface area contributed by atoms with Crippen LogP contribution in [-0.4, -0.2) is 52.4 Å². The van der Waals surface area contributed by atoms with Gasteiger partial charge in [0, 0.05) is 28.2 Å². The van der Waals surface area contributed by atoms with Crippen molar-refractivity contribution in [1.82, 2.24) is 9.80 Å². The number of guanidine groups is 1. The average Bonchev–Trinajstić information content (AvgIpc) is 2.34. The summed E-state index contributed by atoms with van der Waals surface area (Å²) in [5.41, 5.74) is 0.426. The van der Waals surface area contributed by atoms with Gasteiger partial charge in [0.05, 0.1) is 0 Å². The Hall–Kier alpha value is -1.63. The fourth-order valence-corrected chi connectivity index (χ4v) is 3.52. The van der Waals surface area contributed by atoms with Crippen LogP contribution in [0.2, 0.25) is 0 Å². The molecule has 0 spiro atoms. The molecule has 0 N–H and O–H groups in total. The molecule has 0 radical (unpaired) electrons. The van der Waals surface area contributed by atoms with E-state index in [-0.39, 0.29) is 16.8 Å². The van der Waals surface area contributed by atoms with Gasteiger partial charge >= 0.3 is 0 Å². The van der Waals surface area contributed by atoms with Gasteiger partial charge in [-0.2, -0.15) is 8.42 Å². The molecule has 1 aromatic rings. The van der Waals surface area contributed by atoms with Gasteiger partial charge in [0.15, 0.2) is 0 Å². The van der Waals surface area contributed by atoms with Crippen molar-refractivity contribution in [1.29, 1.82) is 0 Å². The molecule has 0 aliphatic carbocycles. The number of hydrogen-bond donors (Lipinski definition) is 0. The van der Waals surface area contributed by atoms with E-state index in [9.17, 15) is 12.8 Å². The number of benzene rings is 1. The predicted octanol–water partition coefficient (Wildman–Crippen LogP) is 2.12. The molecule has 0 saturated heterocycles. The van der Waals surface area contributed by atoms with Crippen LogP contribution < -0.4 is 0 Å². The average molecular weight is 315 g/mol. The van der Waals surface area contributed by atoms with E-state index in [0.29, 0.717) is 5.56 Å². The number of hydrogen-bond acceptors (Lipinski definition) is 2. The number of rotatable bonds is 3. The molecular formula is C14H22FN3O2S. The highest BCUT2D eigenvalue weighted by molar-refractivity contribution is 7.90. The van der Waals surface area contributed by atoms with Gasteiger partial charge in [-0.25, -0.2) is 4.39 Å². The van der Waals surface area contributed by atoms with Crippen LogP contribution in [0.5, 0.6) is 0 Å². The smallest absolute Gasteiger partial charge is 0.288 e. The van der Waals surface area contributed by atoms with Gasteiger partial charge in [0.2, 0.25) is 5.96 Å². The monoisotopic (exact) mass is 315 g/mol. The first-order valence-corrected chi connectivity index (χ1v) is 8.00. The Morgan fingerprint density at radius 1 is 1.14 bits per heavy atom. The molecule has 21 heavy (non-hydrogen) atoms. The number of halogens is 1. The summed E-state index contributed by atoms with van der Waals surface area (Å²) in [4.78, 5) is 2.78. The molecule has 0 fully saturated rings. The second-order valence-corrected chi connectivity index (χ2v) is 7.01. The Balaban J connectivity index is 3.55. The van der Waals surface area contributed by atoms with Crippen LogP contribution in [0.25, 0.3) is 0 Å². The van der Waals surface area contributed by atoms with Crippen molar-refractivity contribution in [2.45, 2.75) is 24.7 Å². The van der Waals surface area contributed by atoms with Gasteiger partial charge in [-0.05, 0) is 17.5 Å². The Morgan fingerprint density at radius 2 is 1.67 bits per heavy atom. The Kier molecular flexibility index (Phi) is 5.33. The van der Waals surface area contributed by atoms with Crippen molar-refractivity contribution in [2.75, 3.05) is 28.2 Å². The van der Waals surface area contributed by atoms with Gasteiger partial charge in [-0.3, -0.25) is 0 Å². The quantitative estimate of drug-likeness (QED) is 0.633. The van der Waals surface area contributed by atoms with Crippen LogP contribution in [0, 0.1) is 5.82 Å². The fraction of sp³-hybridized carbons (Fsp3) is 0.500. The summed E-state index contributed by atoms with van der Waals surface area (Å²) in [7, 11) is 2.59. The normalized spacial score (nSPS) is 11.4. The summed E-state index contributed by atoms with van der Waals surface area (Å²) in [6.07, 6.45) is 0. The molecule has 0 bridgehead atoms. The highest BCUT2D eigenvalue weighted by Crippen LogP contribution is 2.27. The first kappa shape index (κ1) is 17.4. The lowest BCUT2D eigenvalue weighted by atomic mass is 10.0. The third-order valence-electron chi connectivity index (χ3n) is 2.88. The minimum Gasteiger partial charge on any atom is -0.348 e. The van der Waals surface area contributed by atoms with Gasteiger partial charge < -0.3 is 9.80 Å². The molecule has 0 saturated carbocycles. The van der Waals surface area contributed by atoms with E-state index < -0.39 is 15.8 Å². The van der Waals surface area contributed by atoms with Crippen LogP contribution in [-0.2, 0) is 10.0 Å². The van der Waals surface area contributed by atoms with Crippen molar-refractivity contribution in [3.8, 4) is 0 Å². The van der Waals surface area contributed by atoms with Crippen LogP contribution >= 0.6 is 0 Å². The Bertz CT molecular complexity index is 628. The molecule has 0 atom stereocenters. The van der Waals surface area contributed by atoms with Crippen LogP contribution in [0.15, 0.2) is 27.5 Å². The van der Waals surface area contributed by atoms with E-state index in [1.165, 1.54) is 6.07 Å². The van der Waals surface area contributed by atoms with Crippen LogP contribution in [0.4, 0.5) is 4.39 Å². The highest BCUT2D eigenvalue weighted by Gasteiger charge is 2.25. The van der Waals surface area contributed by atoms with E-state index in [4.69, 9.17) is 0 Å². The maximum absolute atomic E-state index is 14.1. The third-order valence-corrected chi connectivity index (χ3v) is 4.23. The highest BCUT2D eigenvalue weighted by atomic mass is 32.2. The Labute approximate surface area is 126 Å². The maximum Gasteiger partial charge on any atom is 0.288 e. The van der Waals surface area contributed by atoms with E-state index in [1.54, 1.807) is 44.1 Å². The zero-order chi connectivity index (χ0) is 16.4. The molecule has 0 aromatic heterocycles. The molecule has 118 valence electrons. The van der Waals surface area contributed by atoms with Crippen molar-refractivity contribution in [2.24, 2.45) is 4.40 Å². The number of nitrogens with zero attached hydrogens (tertiary/aromatic N) is 3. The lowest BCUT2D eigenvalue weighted by Crippen LogP contribution is -2.36. The summed E-state index contributed by atoms with van der Waals surface area (Å²) in [5.74, 6) is -0.669. The van der Waals surface area contributed by atoms with Crippen LogP contribution in [0.3, 0.4) is 0 Å². The molecule has 5 nitrogen and oxygen atoms in total. The van der Waals surface area contributed by atoms with Crippen molar-refractivity contribution < 1.29 is 12.8 Å². The maximum atomic E-state index is 14.1. The summed E-state index contributed by atoms with van der Waals surface area (Å²) < 4.78 is 42.9. The van der Waals surface area contributed by atoms with Crippen LogP contribution in [0.1, 0.15) is 25.3 Å². The second kappa shape index (κ2) is 6.43. The largest absolute Gasteiger partial charge is 0.348 e. The van der Waals surface area contributed by atoms with Crippen molar-refractivity contribution >= 4 is 16.0 Å². The zero-order valence-corrected chi connectivity index (χ0v) is 14.1. The minimum absolute atomic E-state index is 0.122. The van der Waals surface area contributed by atoms with Gasteiger partial charge in [-0.1, -0.05) is 26.0 Å². The summed E-state index contributed by atoms with van der Waals surface area (Å²) in [6, 6.07) is 4.26. The predicted molar refractivity (Wildman–Crippen MR) is 82.5 cm³/mol. The van der Waals surface area contributed by atoms with Gasteiger partial charge in [0.25, 0.3) is 10.0 Å². The summed E-state index contributed by atoms with van der Waals surface area (Å²) in [5, 5.41) is 0. The standard InChI is InChI=1S/C14H22FN3O2S/c1-10(2)11-8-7-9-12(15)13(11)21(19,20)16-14(17(3)4)18(5)6/h7-10H,1-6H3. The van der Waals surface area contributed by atoms with Gasteiger partial charge in [-0.15, -0.1) is 4.40 Å². The SMILES string of the molecule is CC(C)c1cccc(F)c1S(=O)(=O)N=C(N(C)C)N(C)C. The van der Waals surface area contributed by atoms with E-state index in [1.807, 2.05) is 13.8 Å². The summed E-state index contributed by atoms with van der Waals surface area (Å²) in [6.45, 7) is 3.63. The molecule has 0 unspecified atom stereocenters. The van der Waals surface area contributed by atoms with Gasteiger partial charge in [0.1, 0.15) is 10.7 Å². The fourth-order valence-electron chi connectivity index (χ4n) is 1.97. The topological polar surface area (TPSA) is 53.0 Å². The van der Waals surface area contributed by atoms with Crippen molar-refractivity contribution in [3.05, 3.63) is 29.6 Å². The Morgan fingerprint density at radius 3 is 2.10 bits per heavy atom. The lowest BCUT2D eigenvalue weighted by molar-refractivity contribution is 0.483. The summed E-state index contributed by atoms with van der Waals surface area (Å²) >= 11 is 0. The second-order valence-electron chi connectivity index (χ2n) is 5.47. The molecule has 0 heterocycles. The zero-order valence-electron chi connectivity index (χ0n) is 13.3. The minimum atomic E-state index is -4.13. The van der Waals surface area contributed by atoms with E-state index >= 15 is 0 Å². The molecule has 1 rings (SSSR count). The molecule has 7 heteroatoms. The molecule has 1 aromatic carbocycles. The van der Waals surface area contributed by atoms with E-state index in [0.717, 1.165) is 6.07 Å². The first-order valence-electron chi connectivity index (χ1n) is 6.56. The first-order chi connectivity index (χ1) is 9.58. The lowest BCUT2D eigenvalue weighted by Gasteiger charge is -2.22. The van der Waals surface area contributed by atoms with E-state index in [2.05, 4.69) is 4.40 Å². The molecule has 0 amide bonds. The molecular weight excluding hydrogens is 293 g/mol.